The lowest BCUT2D eigenvalue weighted by molar-refractivity contribution is -0.136. The van der Waals surface area contributed by atoms with E-state index in [0.29, 0.717) is 19.8 Å². The van der Waals surface area contributed by atoms with Crippen LogP contribution in [0.5, 0.6) is 5.75 Å². The Bertz CT molecular complexity index is 675. The van der Waals surface area contributed by atoms with Gasteiger partial charge in [-0.25, -0.2) is 0 Å². The van der Waals surface area contributed by atoms with Crippen LogP contribution in [0.25, 0.3) is 0 Å². The third-order valence-corrected chi connectivity index (χ3v) is 4.30. The Hall–Kier alpha value is -2.37. The van der Waals surface area contributed by atoms with Gasteiger partial charge in [-0.15, -0.1) is 0 Å². The molecule has 0 bridgehead atoms. The molecule has 2 aromatic rings. The Labute approximate surface area is 167 Å². The monoisotopic (exact) mass is 385 g/mol. The Balaban J connectivity index is 1.51. The van der Waals surface area contributed by atoms with Crippen molar-refractivity contribution in [3.8, 4) is 5.75 Å². The molecule has 0 saturated heterocycles. The molecule has 0 amide bonds. The molecule has 152 valence electrons. The van der Waals surface area contributed by atoms with Gasteiger partial charge >= 0.3 is 5.97 Å². The molecule has 0 fully saturated rings. The van der Waals surface area contributed by atoms with Crippen LogP contribution < -0.4 is 10.1 Å². The second-order valence-corrected chi connectivity index (χ2v) is 6.74. The molecule has 28 heavy (non-hydrogen) atoms. The molecule has 5 heteroatoms. The second kappa shape index (κ2) is 13.7. The number of unbranched alkanes of at least 4 members (excludes halogenated alkanes) is 1. The number of rotatable bonds is 15. The molecule has 0 radical (unpaired) electrons. The predicted octanol–water partition coefficient (Wildman–Crippen LogP) is 4.06. The van der Waals surface area contributed by atoms with Gasteiger partial charge in [-0.3, -0.25) is 4.79 Å². The molecular weight excluding hydrogens is 354 g/mol. The number of carboxylic acid groups (broad SMARTS) is 1. The Kier molecular flexibility index (Phi) is 10.8. The number of carboxylic acids is 1. The molecule has 0 aromatic heterocycles. The SMILES string of the molecule is O=C(O)CCNCCCc1cccc(OCCCCOCc2ccccc2)c1. The number of benzene rings is 2. The number of nitrogens with one attached hydrogen (secondary N) is 1. The minimum absolute atomic E-state index is 0.167. The number of ether oxygens (including phenoxy) is 2. The van der Waals surface area contributed by atoms with Crippen molar-refractivity contribution in [2.75, 3.05) is 26.3 Å². The lowest BCUT2D eigenvalue weighted by Gasteiger charge is -2.09. The van der Waals surface area contributed by atoms with Gasteiger partial charge in [0.1, 0.15) is 5.75 Å². The molecule has 0 atom stereocenters. The lowest BCUT2D eigenvalue weighted by Crippen LogP contribution is -2.19. The zero-order valence-electron chi connectivity index (χ0n) is 16.4. The van der Waals surface area contributed by atoms with Gasteiger partial charge in [0, 0.05) is 13.2 Å². The zero-order chi connectivity index (χ0) is 19.9. The second-order valence-electron chi connectivity index (χ2n) is 6.74. The highest BCUT2D eigenvalue weighted by atomic mass is 16.5. The Morgan fingerprint density at radius 3 is 2.50 bits per heavy atom. The van der Waals surface area contributed by atoms with Crippen LogP contribution in [0.1, 0.15) is 36.8 Å². The molecular formula is C23H31NO4. The van der Waals surface area contributed by atoms with E-state index in [-0.39, 0.29) is 6.42 Å². The van der Waals surface area contributed by atoms with E-state index < -0.39 is 5.97 Å². The van der Waals surface area contributed by atoms with E-state index in [1.165, 1.54) is 11.1 Å². The van der Waals surface area contributed by atoms with E-state index in [9.17, 15) is 4.79 Å². The van der Waals surface area contributed by atoms with Crippen molar-refractivity contribution in [3.63, 3.8) is 0 Å². The summed E-state index contributed by atoms with van der Waals surface area (Å²) in [5.41, 5.74) is 2.44. The fourth-order valence-corrected chi connectivity index (χ4v) is 2.79. The number of aliphatic carboxylic acids is 1. The fraction of sp³-hybridized carbons (Fsp3) is 0.435. The first-order chi connectivity index (χ1) is 13.7. The number of carbonyl (C=O) groups is 1. The molecule has 2 N–H and O–H groups in total. The summed E-state index contributed by atoms with van der Waals surface area (Å²) in [5.74, 6) is 0.140. The molecule has 0 aliphatic rings. The van der Waals surface area contributed by atoms with Crippen molar-refractivity contribution in [1.29, 1.82) is 0 Å². The van der Waals surface area contributed by atoms with Gasteiger partial charge in [0.25, 0.3) is 0 Å². The van der Waals surface area contributed by atoms with E-state index in [1.54, 1.807) is 0 Å². The molecule has 0 unspecified atom stereocenters. The van der Waals surface area contributed by atoms with Gasteiger partial charge in [-0.2, -0.15) is 0 Å². The van der Waals surface area contributed by atoms with Crippen LogP contribution in [0.15, 0.2) is 54.6 Å². The van der Waals surface area contributed by atoms with Crippen molar-refractivity contribution in [1.82, 2.24) is 5.32 Å². The average Bonchev–Trinajstić information content (AvgIpc) is 2.71. The molecule has 0 aliphatic carbocycles. The van der Waals surface area contributed by atoms with Crippen LogP contribution in [0.2, 0.25) is 0 Å². The summed E-state index contributed by atoms with van der Waals surface area (Å²) in [6.07, 6.45) is 4.04. The van der Waals surface area contributed by atoms with Gasteiger partial charge in [-0.05, 0) is 55.5 Å². The van der Waals surface area contributed by atoms with Gasteiger partial charge in [0.05, 0.1) is 19.6 Å². The summed E-state index contributed by atoms with van der Waals surface area (Å²) in [5, 5.41) is 11.7. The van der Waals surface area contributed by atoms with Crippen LogP contribution in [-0.2, 0) is 22.6 Å². The van der Waals surface area contributed by atoms with Crippen molar-refractivity contribution in [3.05, 3.63) is 65.7 Å². The van der Waals surface area contributed by atoms with Crippen molar-refractivity contribution in [2.24, 2.45) is 0 Å². The fourth-order valence-electron chi connectivity index (χ4n) is 2.79. The number of hydrogen-bond donors (Lipinski definition) is 2. The van der Waals surface area contributed by atoms with E-state index in [1.807, 2.05) is 30.3 Å². The van der Waals surface area contributed by atoms with E-state index in [2.05, 4.69) is 29.6 Å². The first kappa shape index (κ1) is 21.9. The highest BCUT2D eigenvalue weighted by molar-refractivity contribution is 5.66. The van der Waals surface area contributed by atoms with Crippen molar-refractivity contribution in [2.45, 2.75) is 38.7 Å². The quantitative estimate of drug-likeness (QED) is 0.453. The van der Waals surface area contributed by atoms with Gasteiger partial charge in [0.2, 0.25) is 0 Å². The first-order valence-corrected chi connectivity index (χ1v) is 10.00. The van der Waals surface area contributed by atoms with Crippen molar-refractivity contribution < 1.29 is 19.4 Å². The zero-order valence-corrected chi connectivity index (χ0v) is 16.4. The van der Waals surface area contributed by atoms with Crippen LogP contribution in [0.3, 0.4) is 0 Å². The topological polar surface area (TPSA) is 67.8 Å². The van der Waals surface area contributed by atoms with E-state index >= 15 is 0 Å². The minimum atomic E-state index is -0.764. The molecule has 2 rings (SSSR count). The third-order valence-electron chi connectivity index (χ3n) is 4.30. The van der Waals surface area contributed by atoms with Crippen LogP contribution in [0, 0.1) is 0 Å². The van der Waals surface area contributed by atoms with E-state index in [4.69, 9.17) is 14.6 Å². The summed E-state index contributed by atoms with van der Waals surface area (Å²) >= 11 is 0. The van der Waals surface area contributed by atoms with Crippen molar-refractivity contribution >= 4 is 5.97 Å². The van der Waals surface area contributed by atoms with Crippen LogP contribution in [0.4, 0.5) is 0 Å². The summed E-state index contributed by atoms with van der Waals surface area (Å²) in [7, 11) is 0. The van der Waals surface area contributed by atoms with Crippen LogP contribution >= 0.6 is 0 Å². The maximum atomic E-state index is 10.4. The molecule has 2 aromatic carbocycles. The number of aryl methyl sites for hydroxylation is 1. The lowest BCUT2D eigenvalue weighted by atomic mass is 10.1. The molecule has 0 spiro atoms. The number of hydrogen-bond acceptors (Lipinski definition) is 4. The summed E-state index contributed by atoms with van der Waals surface area (Å²) in [4.78, 5) is 10.4. The third kappa shape index (κ3) is 10.1. The standard InChI is InChI=1S/C23H31NO4/c25-23(26)13-15-24-14-7-11-20-10-6-12-22(18-20)28-17-5-4-16-27-19-21-8-2-1-3-9-21/h1-3,6,8-10,12,18,24H,4-5,7,11,13-17,19H2,(H,25,26). The molecule has 0 heterocycles. The Morgan fingerprint density at radius 2 is 1.68 bits per heavy atom. The normalized spacial score (nSPS) is 10.7. The average molecular weight is 386 g/mol. The van der Waals surface area contributed by atoms with Gasteiger partial charge in [-0.1, -0.05) is 42.5 Å². The maximum absolute atomic E-state index is 10.4. The predicted molar refractivity (Wildman–Crippen MR) is 111 cm³/mol. The largest absolute Gasteiger partial charge is 0.494 e. The molecule has 0 aliphatic heterocycles. The molecule has 0 saturated carbocycles. The highest BCUT2D eigenvalue weighted by Crippen LogP contribution is 2.15. The summed E-state index contributed by atoms with van der Waals surface area (Å²) in [6.45, 7) is 3.44. The van der Waals surface area contributed by atoms with E-state index in [0.717, 1.165) is 44.6 Å². The van der Waals surface area contributed by atoms with Crippen LogP contribution in [-0.4, -0.2) is 37.4 Å². The highest BCUT2D eigenvalue weighted by Gasteiger charge is 2.00. The van der Waals surface area contributed by atoms with Gasteiger partial charge < -0.3 is 19.9 Å². The summed E-state index contributed by atoms with van der Waals surface area (Å²) < 4.78 is 11.5. The smallest absolute Gasteiger partial charge is 0.304 e. The summed E-state index contributed by atoms with van der Waals surface area (Å²) in [6, 6.07) is 18.4. The first-order valence-electron chi connectivity index (χ1n) is 10.00. The molecule has 5 nitrogen and oxygen atoms in total. The van der Waals surface area contributed by atoms with Gasteiger partial charge in [0.15, 0.2) is 0 Å². The maximum Gasteiger partial charge on any atom is 0.304 e. The Morgan fingerprint density at radius 1 is 0.893 bits per heavy atom. The minimum Gasteiger partial charge on any atom is -0.494 e.